The Hall–Kier alpha value is -0.660. The van der Waals surface area contributed by atoms with Crippen LogP contribution < -0.4 is 9.44 Å². The fourth-order valence-electron chi connectivity index (χ4n) is 0.687. The molecule has 6 nitrogen and oxygen atoms in total. The fourth-order valence-corrected chi connectivity index (χ4v) is 1.58. The van der Waals surface area contributed by atoms with Gasteiger partial charge in [0.2, 0.25) is 0 Å². The van der Waals surface area contributed by atoms with Gasteiger partial charge in [-0.05, 0) is 6.42 Å². The predicted molar refractivity (Wildman–Crippen MR) is 47.5 cm³/mol. The summed E-state index contributed by atoms with van der Waals surface area (Å²) in [6.07, 6.45) is 0.259. The molecule has 0 bridgehead atoms. The van der Waals surface area contributed by atoms with Crippen LogP contribution in [0.2, 0.25) is 0 Å². The van der Waals surface area contributed by atoms with Gasteiger partial charge in [0.25, 0.3) is 10.2 Å². The molecule has 0 aromatic rings. The van der Waals surface area contributed by atoms with Gasteiger partial charge in [0.1, 0.15) is 0 Å². The van der Waals surface area contributed by atoms with E-state index in [-0.39, 0.29) is 13.0 Å². The van der Waals surface area contributed by atoms with Gasteiger partial charge < -0.3 is 5.11 Å². The molecule has 0 aliphatic carbocycles. The van der Waals surface area contributed by atoms with Crippen molar-refractivity contribution >= 4 is 16.2 Å². The van der Waals surface area contributed by atoms with E-state index in [1.165, 1.54) is 0 Å². The van der Waals surface area contributed by atoms with Gasteiger partial charge in [0.15, 0.2) is 0 Å². The number of nitrogens with one attached hydrogen (secondary N) is 2. The van der Waals surface area contributed by atoms with Crippen molar-refractivity contribution in [2.45, 2.75) is 19.8 Å². The summed E-state index contributed by atoms with van der Waals surface area (Å²) in [5, 5.41) is 8.25. The van der Waals surface area contributed by atoms with Crippen LogP contribution in [0.4, 0.5) is 0 Å². The summed E-state index contributed by atoms with van der Waals surface area (Å²) in [5.74, 6) is -0.928. The van der Waals surface area contributed by atoms with E-state index in [0.29, 0.717) is 13.0 Å². The van der Waals surface area contributed by atoms with Crippen LogP contribution in [0.25, 0.3) is 0 Å². The van der Waals surface area contributed by atoms with Gasteiger partial charge in [-0.3, -0.25) is 4.79 Å². The largest absolute Gasteiger partial charge is 0.481 e. The monoisotopic (exact) mass is 210 g/mol. The van der Waals surface area contributed by atoms with E-state index in [1.54, 1.807) is 6.92 Å². The third-order valence-electron chi connectivity index (χ3n) is 1.19. The first-order chi connectivity index (χ1) is 5.98. The molecule has 0 aliphatic rings. The Morgan fingerprint density at radius 3 is 2.46 bits per heavy atom. The zero-order valence-electron chi connectivity index (χ0n) is 7.41. The lowest BCUT2D eigenvalue weighted by Gasteiger charge is -2.04. The Kier molecular flexibility index (Phi) is 5.60. The van der Waals surface area contributed by atoms with Crippen molar-refractivity contribution in [2.75, 3.05) is 13.1 Å². The van der Waals surface area contributed by atoms with Crippen LogP contribution in [-0.2, 0) is 15.0 Å². The van der Waals surface area contributed by atoms with Gasteiger partial charge in [-0.25, -0.2) is 9.44 Å². The molecule has 78 valence electrons. The molecule has 0 saturated heterocycles. The predicted octanol–water partition coefficient (Wildman–Crippen LogP) is -0.705. The summed E-state index contributed by atoms with van der Waals surface area (Å²) in [6.45, 7) is 2.12. The Morgan fingerprint density at radius 1 is 1.38 bits per heavy atom. The molecule has 0 fully saturated rings. The molecule has 0 aliphatic heterocycles. The lowest BCUT2D eigenvalue weighted by atomic mass is 10.3. The van der Waals surface area contributed by atoms with Crippen LogP contribution in [0.1, 0.15) is 19.8 Å². The molecule has 0 radical (unpaired) electrons. The molecule has 0 aromatic heterocycles. The number of carboxylic acid groups (broad SMARTS) is 1. The van der Waals surface area contributed by atoms with Crippen molar-refractivity contribution in [1.29, 1.82) is 0 Å². The minimum Gasteiger partial charge on any atom is -0.481 e. The highest BCUT2D eigenvalue weighted by molar-refractivity contribution is 7.87. The van der Waals surface area contributed by atoms with Gasteiger partial charge in [-0.2, -0.15) is 8.42 Å². The zero-order chi connectivity index (χ0) is 10.3. The number of carbonyl (C=O) groups is 1. The third-order valence-corrected chi connectivity index (χ3v) is 2.45. The SMILES string of the molecule is CCNS(=O)(=O)NCCCC(=O)O. The number of aliphatic carboxylic acids is 1. The van der Waals surface area contributed by atoms with Gasteiger partial charge in [0, 0.05) is 19.5 Å². The number of hydrogen-bond donors (Lipinski definition) is 3. The minimum absolute atomic E-state index is 0.0331. The van der Waals surface area contributed by atoms with Crippen molar-refractivity contribution in [3.05, 3.63) is 0 Å². The summed E-state index contributed by atoms with van der Waals surface area (Å²) in [6, 6.07) is 0. The molecule has 0 heterocycles. The van der Waals surface area contributed by atoms with E-state index < -0.39 is 16.2 Å². The highest BCUT2D eigenvalue weighted by atomic mass is 32.2. The summed E-state index contributed by atoms with van der Waals surface area (Å²) in [7, 11) is -3.42. The van der Waals surface area contributed by atoms with Crippen LogP contribution in [0.3, 0.4) is 0 Å². The molecule has 0 amide bonds. The maximum Gasteiger partial charge on any atom is 0.303 e. The van der Waals surface area contributed by atoms with Crippen molar-refractivity contribution < 1.29 is 18.3 Å². The Morgan fingerprint density at radius 2 is 2.00 bits per heavy atom. The number of rotatable bonds is 7. The fraction of sp³-hybridized carbons (Fsp3) is 0.833. The molecule has 0 spiro atoms. The van der Waals surface area contributed by atoms with Crippen molar-refractivity contribution in [2.24, 2.45) is 0 Å². The molecular formula is C6H14N2O4S. The second-order valence-electron chi connectivity index (χ2n) is 2.39. The van der Waals surface area contributed by atoms with Gasteiger partial charge in [0.05, 0.1) is 0 Å². The Labute approximate surface area is 77.5 Å². The van der Waals surface area contributed by atoms with E-state index >= 15 is 0 Å². The van der Waals surface area contributed by atoms with Gasteiger partial charge in [-0.1, -0.05) is 6.92 Å². The minimum atomic E-state index is -3.42. The standard InChI is InChI=1S/C6H14N2O4S/c1-2-7-13(11,12)8-5-3-4-6(9)10/h7-8H,2-5H2,1H3,(H,9,10). The van der Waals surface area contributed by atoms with Crippen LogP contribution in [-0.4, -0.2) is 32.6 Å². The van der Waals surface area contributed by atoms with Crippen LogP contribution in [0.5, 0.6) is 0 Å². The van der Waals surface area contributed by atoms with Crippen LogP contribution in [0.15, 0.2) is 0 Å². The van der Waals surface area contributed by atoms with Crippen LogP contribution in [0, 0.1) is 0 Å². The lowest BCUT2D eigenvalue weighted by molar-refractivity contribution is -0.137. The highest BCUT2D eigenvalue weighted by Gasteiger charge is 2.06. The lowest BCUT2D eigenvalue weighted by Crippen LogP contribution is -2.36. The second-order valence-corrected chi connectivity index (χ2v) is 3.98. The zero-order valence-corrected chi connectivity index (χ0v) is 8.23. The summed E-state index contributed by atoms with van der Waals surface area (Å²) in [4.78, 5) is 10.1. The van der Waals surface area contributed by atoms with Crippen molar-refractivity contribution in [3.63, 3.8) is 0 Å². The molecule has 0 saturated carbocycles. The molecule has 0 unspecified atom stereocenters. The molecule has 0 atom stereocenters. The molecule has 3 N–H and O–H groups in total. The second kappa shape index (κ2) is 5.90. The number of hydrogen-bond acceptors (Lipinski definition) is 3. The van der Waals surface area contributed by atoms with Gasteiger partial charge in [-0.15, -0.1) is 0 Å². The molecule has 0 aromatic carbocycles. The Balaban J connectivity index is 3.58. The van der Waals surface area contributed by atoms with Crippen molar-refractivity contribution in [3.8, 4) is 0 Å². The third kappa shape index (κ3) is 7.69. The Bertz CT molecular complexity index is 249. The maximum atomic E-state index is 10.9. The smallest absolute Gasteiger partial charge is 0.303 e. The summed E-state index contributed by atoms with van der Waals surface area (Å²) < 4.78 is 26.2. The van der Waals surface area contributed by atoms with Gasteiger partial charge >= 0.3 is 5.97 Å². The average Bonchev–Trinajstić information content (AvgIpc) is 1.98. The average molecular weight is 210 g/mol. The topological polar surface area (TPSA) is 95.5 Å². The number of carboxylic acids is 1. The normalized spacial score (nSPS) is 11.5. The first-order valence-electron chi connectivity index (χ1n) is 3.94. The van der Waals surface area contributed by atoms with Crippen molar-refractivity contribution in [1.82, 2.24) is 9.44 Å². The van der Waals surface area contributed by atoms with Crippen LogP contribution >= 0.6 is 0 Å². The van der Waals surface area contributed by atoms with E-state index in [0.717, 1.165) is 0 Å². The first kappa shape index (κ1) is 12.3. The van der Waals surface area contributed by atoms with E-state index in [2.05, 4.69) is 9.44 Å². The first-order valence-corrected chi connectivity index (χ1v) is 5.42. The summed E-state index contributed by atoms with van der Waals surface area (Å²) in [5.41, 5.74) is 0. The summed E-state index contributed by atoms with van der Waals surface area (Å²) >= 11 is 0. The maximum absolute atomic E-state index is 10.9. The molecule has 7 heteroatoms. The van der Waals surface area contributed by atoms with E-state index in [9.17, 15) is 13.2 Å². The highest BCUT2D eigenvalue weighted by Crippen LogP contribution is 1.87. The molecule has 0 rings (SSSR count). The molecular weight excluding hydrogens is 196 g/mol. The molecule has 13 heavy (non-hydrogen) atoms. The van der Waals surface area contributed by atoms with E-state index in [1.807, 2.05) is 0 Å². The quantitative estimate of drug-likeness (QED) is 0.484. The van der Waals surface area contributed by atoms with E-state index in [4.69, 9.17) is 5.11 Å².